The minimum absolute atomic E-state index is 0.102. The summed E-state index contributed by atoms with van der Waals surface area (Å²) >= 11 is 0. The number of sulfone groups is 1. The van der Waals surface area contributed by atoms with Crippen molar-refractivity contribution in [1.82, 2.24) is 10.2 Å². The van der Waals surface area contributed by atoms with Crippen LogP contribution in [0.25, 0.3) is 0 Å². The van der Waals surface area contributed by atoms with Gasteiger partial charge in [0.25, 0.3) is 0 Å². The molecule has 0 aromatic rings. The summed E-state index contributed by atoms with van der Waals surface area (Å²) in [4.78, 5) is 28.1. The second kappa shape index (κ2) is 15.3. The van der Waals surface area contributed by atoms with E-state index in [1.54, 1.807) is 0 Å². The van der Waals surface area contributed by atoms with Crippen molar-refractivity contribution in [3.8, 4) is 0 Å². The number of rotatable bonds is 11. The smallest absolute Gasteiger partial charge is 0.309 e. The molecule has 7 aliphatic carbocycles. The van der Waals surface area contributed by atoms with E-state index in [4.69, 9.17) is 9.16 Å². The molecule has 0 aromatic heterocycles. The van der Waals surface area contributed by atoms with Crippen molar-refractivity contribution >= 4 is 30.1 Å². The number of nitrogens with zero attached hydrogens (tertiary/aromatic N) is 1. The van der Waals surface area contributed by atoms with Gasteiger partial charge in [-0.1, -0.05) is 76.2 Å². The first-order valence-corrected chi connectivity index (χ1v) is 30.0. The highest BCUT2D eigenvalue weighted by Gasteiger charge is 2.72. The molecule has 0 radical (unpaired) electrons. The average Bonchev–Trinajstić information content (AvgIpc) is 3.78. The van der Waals surface area contributed by atoms with Crippen LogP contribution in [-0.2, 0) is 28.6 Å². The molecule has 8 rings (SSSR count). The van der Waals surface area contributed by atoms with Gasteiger partial charge >= 0.3 is 11.9 Å². The minimum atomic E-state index is -2.99. The van der Waals surface area contributed by atoms with Crippen LogP contribution in [0, 0.1) is 73.9 Å². The average molecular weight is 901 g/mol. The fraction of sp³-hybridized carbons (Fsp3) is 0.961. The lowest BCUT2D eigenvalue weighted by Crippen LogP contribution is -2.69. The van der Waals surface area contributed by atoms with E-state index in [0.717, 1.165) is 25.3 Å². The topological polar surface area (TPSA) is 122 Å². The zero-order chi connectivity index (χ0) is 45.5. The molecular formula is C51H88N2O7SSi. The molecule has 8 aliphatic rings. The van der Waals surface area contributed by atoms with Crippen LogP contribution in [0.4, 0.5) is 0 Å². The van der Waals surface area contributed by atoms with E-state index in [1.807, 2.05) is 13.8 Å². The highest BCUT2D eigenvalue weighted by atomic mass is 32.2. The highest BCUT2D eigenvalue weighted by Crippen LogP contribution is 2.78. The summed E-state index contributed by atoms with van der Waals surface area (Å²) in [5.74, 6) is 1.79. The van der Waals surface area contributed by atoms with E-state index in [2.05, 4.69) is 85.6 Å². The first kappa shape index (κ1) is 47.5. The van der Waals surface area contributed by atoms with E-state index in [9.17, 15) is 23.1 Å². The monoisotopic (exact) mass is 901 g/mol. The van der Waals surface area contributed by atoms with Gasteiger partial charge in [-0.3, -0.25) is 14.5 Å². The van der Waals surface area contributed by atoms with Crippen molar-refractivity contribution in [3.05, 3.63) is 0 Å². The number of carbonyl (C=O) groups excluding carboxylic acids is 1. The quantitative estimate of drug-likeness (QED) is 0.154. The van der Waals surface area contributed by atoms with Crippen molar-refractivity contribution in [3.63, 3.8) is 0 Å². The third kappa shape index (κ3) is 7.38. The van der Waals surface area contributed by atoms with Crippen LogP contribution in [0.5, 0.6) is 0 Å². The first-order valence-electron chi connectivity index (χ1n) is 25.2. The molecule has 0 bridgehead atoms. The van der Waals surface area contributed by atoms with Crippen LogP contribution in [-0.4, -0.2) is 94.1 Å². The Balaban J connectivity index is 1.02. The van der Waals surface area contributed by atoms with E-state index in [1.165, 1.54) is 64.2 Å². The Morgan fingerprint density at radius 1 is 0.774 bits per heavy atom. The molecule has 62 heavy (non-hydrogen) atoms. The van der Waals surface area contributed by atoms with Crippen LogP contribution < -0.4 is 5.32 Å². The van der Waals surface area contributed by atoms with Gasteiger partial charge in [-0.2, -0.15) is 0 Å². The van der Waals surface area contributed by atoms with Gasteiger partial charge in [0, 0.05) is 36.6 Å². The Labute approximate surface area is 378 Å². The van der Waals surface area contributed by atoms with Gasteiger partial charge in [0.05, 0.1) is 29.9 Å². The third-order valence-electron chi connectivity index (χ3n) is 22.4. The summed E-state index contributed by atoms with van der Waals surface area (Å²) < 4.78 is 38.7. The van der Waals surface area contributed by atoms with Crippen molar-refractivity contribution < 1.29 is 32.3 Å². The van der Waals surface area contributed by atoms with E-state index >= 15 is 0 Å². The Morgan fingerprint density at radius 3 is 2.03 bits per heavy atom. The van der Waals surface area contributed by atoms with Gasteiger partial charge in [-0.05, 0) is 158 Å². The van der Waals surface area contributed by atoms with Gasteiger partial charge in [-0.15, -0.1) is 0 Å². The van der Waals surface area contributed by atoms with Gasteiger partial charge in [0.1, 0.15) is 6.10 Å². The number of carboxylic acids is 1. The van der Waals surface area contributed by atoms with Crippen molar-refractivity contribution in [2.45, 2.75) is 195 Å². The molecule has 0 aromatic carbocycles. The third-order valence-corrected chi connectivity index (χ3v) is 28.6. The molecule has 1 saturated heterocycles. The van der Waals surface area contributed by atoms with Crippen LogP contribution >= 0.6 is 0 Å². The molecule has 2 N–H and O–H groups in total. The summed E-state index contributed by atoms with van der Waals surface area (Å²) in [6.07, 6.45) is 14.9. The molecule has 0 spiro atoms. The number of carbonyl (C=O) groups is 2. The molecule has 0 unspecified atom stereocenters. The van der Waals surface area contributed by atoms with Crippen LogP contribution in [0.15, 0.2) is 0 Å². The SMILES string of the molecule is CC1([C@@H]2CC[C@]3(NC[C@@H](CO[Si](C)(C)C(C)(C)C)N4CCS(=O)(=O)CC4)CC[C@]4(C)[C@H](CC[C@@H]5[C@@]6(C)CC[C@H](OC(=O)[C@H]7C[C@@H](C(=O)O)C7(C)C)C(C)(C)[C@@H]6CC[C@]54C)[C@@H]23)CC1. The standard InChI is InChI=1S/C51H88N2O7SSi/c1-44(2,3)62(12,13)59-32-33(53-26-28-61(57,58)29-27-53)31-52-51-21-16-34(47(8)22-23-47)41(51)35-14-15-39-48(9)19-18-40(60-43(56)37-30-36(42(54)55)45(37,4)5)46(6,7)38(48)17-20-50(39,11)49(35,10)24-25-51/h33-41,52H,14-32H2,1-13H3,(H,54,55)/t33-,34+,35+,36-,37+,38-,39+,40-,41+,48-,49+,50+,51-/m0/s1. The lowest BCUT2D eigenvalue weighted by Gasteiger charge is -2.73. The molecule has 7 saturated carbocycles. The second-order valence-corrected chi connectivity index (χ2v) is 33.8. The highest BCUT2D eigenvalue weighted by molar-refractivity contribution is 7.91. The summed E-state index contributed by atoms with van der Waals surface area (Å²) in [6, 6.07) is 0.154. The van der Waals surface area contributed by atoms with E-state index in [-0.39, 0.29) is 67.8 Å². The van der Waals surface area contributed by atoms with Crippen LogP contribution in [0.1, 0.15) is 160 Å². The number of ether oxygens (including phenoxy) is 1. The van der Waals surface area contributed by atoms with Gasteiger partial charge in [0.2, 0.25) is 0 Å². The lowest BCUT2D eigenvalue weighted by atomic mass is 9.32. The first-order chi connectivity index (χ1) is 28.5. The fourth-order valence-corrected chi connectivity index (χ4v) is 18.9. The predicted molar refractivity (Wildman–Crippen MR) is 250 cm³/mol. The minimum Gasteiger partial charge on any atom is -0.481 e. The molecule has 8 fully saturated rings. The van der Waals surface area contributed by atoms with Gasteiger partial charge in [0.15, 0.2) is 18.2 Å². The van der Waals surface area contributed by atoms with Gasteiger partial charge in [-0.25, -0.2) is 8.42 Å². The Kier molecular flexibility index (Phi) is 11.7. The molecule has 1 aliphatic heterocycles. The summed E-state index contributed by atoms with van der Waals surface area (Å²) in [6.45, 7) is 33.6. The number of hydrogen-bond acceptors (Lipinski definition) is 8. The van der Waals surface area contributed by atoms with Crippen molar-refractivity contribution in [2.75, 3.05) is 37.7 Å². The van der Waals surface area contributed by atoms with Crippen molar-refractivity contribution in [1.29, 1.82) is 0 Å². The maximum Gasteiger partial charge on any atom is 0.309 e. The Hall–Kier alpha value is -1.01. The zero-order valence-corrected chi connectivity index (χ0v) is 43.2. The van der Waals surface area contributed by atoms with Crippen molar-refractivity contribution in [2.24, 2.45) is 73.9 Å². The Bertz CT molecular complexity index is 1860. The number of aliphatic carboxylic acids is 1. The van der Waals surface area contributed by atoms with E-state index in [0.29, 0.717) is 55.2 Å². The number of hydrogen-bond donors (Lipinski definition) is 2. The van der Waals surface area contributed by atoms with Gasteiger partial charge < -0.3 is 19.6 Å². The maximum absolute atomic E-state index is 13.7. The van der Waals surface area contributed by atoms with Crippen LogP contribution in [0.2, 0.25) is 18.1 Å². The molecule has 9 nitrogen and oxygen atoms in total. The summed E-state index contributed by atoms with van der Waals surface area (Å²) in [7, 11) is -4.99. The number of fused-ring (bicyclic) bond motifs is 7. The lowest BCUT2D eigenvalue weighted by molar-refractivity contribution is -0.250. The molecule has 0 amide bonds. The molecule has 13 atom stereocenters. The Morgan fingerprint density at radius 2 is 1.44 bits per heavy atom. The predicted octanol–water partition coefficient (Wildman–Crippen LogP) is 9.99. The van der Waals surface area contributed by atoms with Crippen LogP contribution in [0.3, 0.4) is 0 Å². The largest absolute Gasteiger partial charge is 0.481 e. The van der Waals surface area contributed by atoms with E-state index < -0.39 is 35.5 Å². The number of carboxylic acid groups (broad SMARTS) is 1. The normalized spacial score (nSPS) is 44.7. The molecule has 11 heteroatoms. The molecule has 354 valence electrons. The maximum atomic E-state index is 13.7. The molecule has 1 heterocycles. The molecular weight excluding hydrogens is 813 g/mol. The summed E-state index contributed by atoms with van der Waals surface area (Å²) in [5.41, 5.74) is 0.441. The second-order valence-electron chi connectivity index (χ2n) is 26.7. The number of nitrogens with one attached hydrogen (secondary N) is 1. The fourth-order valence-electron chi connectivity index (χ4n) is 16.6. The summed E-state index contributed by atoms with van der Waals surface area (Å²) in [5, 5.41) is 14.3. The number of esters is 1. The zero-order valence-electron chi connectivity index (χ0n) is 41.4.